The molecule has 1 saturated carbocycles. The Bertz CT molecular complexity index is 276. The Labute approximate surface area is 89.7 Å². The van der Waals surface area contributed by atoms with Crippen molar-refractivity contribution in [1.82, 2.24) is 4.98 Å². The first-order valence-electron chi connectivity index (χ1n) is 5.12. The van der Waals surface area contributed by atoms with Gasteiger partial charge in [-0.2, -0.15) is 0 Å². The number of rotatable bonds is 3. The summed E-state index contributed by atoms with van der Waals surface area (Å²) >= 11 is 6.05. The van der Waals surface area contributed by atoms with Gasteiger partial charge in [-0.3, -0.25) is 4.98 Å². The van der Waals surface area contributed by atoms with Crippen molar-refractivity contribution in [2.75, 3.05) is 11.9 Å². The predicted octanol–water partition coefficient (Wildman–Crippen LogP) is 2.90. The number of hydrogen-bond donors (Lipinski definition) is 1. The summed E-state index contributed by atoms with van der Waals surface area (Å²) in [5.41, 5.74) is 1.15. The van der Waals surface area contributed by atoms with E-state index in [2.05, 4.69) is 10.3 Å². The Kier molecular flexibility index (Phi) is 3.25. The second-order valence-electron chi connectivity index (χ2n) is 3.89. The smallest absolute Gasteiger partial charge is 0.0371 e. The van der Waals surface area contributed by atoms with Gasteiger partial charge < -0.3 is 5.32 Å². The monoisotopic (exact) mass is 210 g/mol. The summed E-state index contributed by atoms with van der Waals surface area (Å²) in [6.45, 7) is 1.03. The van der Waals surface area contributed by atoms with Gasteiger partial charge in [0.1, 0.15) is 0 Å². The third-order valence-corrected chi connectivity index (χ3v) is 3.15. The molecule has 0 radical (unpaired) electrons. The number of alkyl halides is 1. The molecule has 0 aliphatic heterocycles. The average Bonchev–Trinajstić information content (AvgIpc) is 2.63. The fraction of sp³-hybridized carbons (Fsp3) is 0.545. The minimum Gasteiger partial charge on any atom is -0.385 e. The Morgan fingerprint density at radius 3 is 2.79 bits per heavy atom. The zero-order valence-corrected chi connectivity index (χ0v) is 8.87. The van der Waals surface area contributed by atoms with Gasteiger partial charge in [0, 0.05) is 30.0 Å². The van der Waals surface area contributed by atoms with Crippen LogP contribution in [0, 0.1) is 5.92 Å². The first-order valence-corrected chi connectivity index (χ1v) is 5.56. The molecule has 0 aromatic carbocycles. The SMILES string of the molecule is ClC1CCC(CNc2ccncc2)C1. The van der Waals surface area contributed by atoms with Gasteiger partial charge in [0.2, 0.25) is 0 Å². The lowest BCUT2D eigenvalue weighted by atomic mass is 10.1. The highest BCUT2D eigenvalue weighted by Crippen LogP contribution is 2.29. The van der Waals surface area contributed by atoms with E-state index >= 15 is 0 Å². The molecule has 0 spiro atoms. The van der Waals surface area contributed by atoms with E-state index in [0.29, 0.717) is 5.38 Å². The number of anilines is 1. The Hall–Kier alpha value is -0.760. The number of pyridine rings is 1. The molecule has 2 atom stereocenters. The number of aromatic nitrogens is 1. The molecule has 1 aromatic heterocycles. The van der Waals surface area contributed by atoms with Crippen LogP contribution in [0.3, 0.4) is 0 Å². The summed E-state index contributed by atoms with van der Waals surface area (Å²) < 4.78 is 0. The minimum absolute atomic E-state index is 0.402. The van der Waals surface area contributed by atoms with Crippen LogP contribution < -0.4 is 5.32 Å². The van der Waals surface area contributed by atoms with Crippen LogP contribution in [-0.4, -0.2) is 16.9 Å². The van der Waals surface area contributed by atoms with E-state index in [0.717, 1.165) is 24.6 Å². The van der Waals surface area contributed by atoms with Crippen LogP contribution in [0.25, 0.3) is 0 Å². The summed E-state index contributed by atoms with van der Waals surface area (Å²) in [5, 5.41) is 3.81. The lowest BCUT2D eigenvalue weighted by Crippen LogP contribution is -2.11. The molecular formula is C11H15ClN2. The highest BCUT2D eigenvalue weighted by Gasteiger charge is 2.22. The van der Waals surface area contributed by atoms with Crippen molar-refractivity contribution < 1.29 is 0 Å². The second kappa shape index (κ2) is 4.65. The molecule has 1 fully saturated rings. The van der Waals surface area contributed by atoms with Crippen molar-refractivity contribution in [3.05, 3.63) is 24.5 Å². The van der Waals surface area contributed by atoms with Gasteiger partial charge in [-0.1, -0.05) is 0 Å². The molecular weight excluding hydrogens is 196 g/mol. The second-order valence-corrected chi connectivity index (χ2v) is 4.51. The summed E-state index contributed by atoms with van der Waals surface area (Å²) in [6, 6.07) is 3.99. The van der Waals surface area contributed by atoms with Crippen molar-refractivity contribution in [2.45, 2.75) is 24.6 Å². The van der Waals surface area contributed by atoms with Crippen LogP contribution in [0.4, 0.5) is 5.69 Å². The molecule has 76 valence electrons. The summed E-state index contributed by atoms with van der Waals surface area (Å²) in [5.74, 6) is 0.741. The van der Waals surface area contributed by atoms with Gasteiger partial charge in [-0.15, -0.1) is 11.6 Å². The molecule has 0 saturated heterocycles. The van der Waals surface area contributed by atoms with Crippen LogP contribution in [-0.2, 0) is 0 Å². The van der Waals surface area contributed by atoms with Crippen molar-refractivity contribution in [2.24, 2.45) is 5.92 Å². The minimum atomic E-state index is 0.402. The van der Waals surface area contributed by atoms with Crippen LogP contribution in [0.5, 0.6) is 0 Å². The van der Waals surface area contributed by atoms with Crippen LogP contribution in [0.1, 0.15) is 19.3 Å². The van der Waals surface area contributed by atoms with Gasteiger partial charge in [-0.05, 0) is 37.3 Å². The topological polar surface area (TPSA) is 24.9 Å². The number of nitrogens with one attached hydrogen (secondary N) is 1. The lowest BCUT2D eigenvalue weighted by Gasteiger charge is -2.11. The highest BCUT2D eigenvalue weighted by atomic mass is 35.5. The maximum absolute atomic E-state index is 6.05. The van der Waals surface area contributed by atoms with Gasteiger partial charge in [0.05, 0.1) is 0 Å². The fourth-order valence-corrected chi connectivity index (χ4v) is 2.31. The van der Waals surface area contributed by atoms with Crippen molar-refractivity contribution >= 4 is 17.3 Å². The Morgan fingerprint density at radius 1 is 1.36 bits per heavy atom. The van der Waals surface area contributed by atoms with E-state index in [1.807, 2.05) is 12.1 Å². The molecule has 1 N–H and O–H groups in total. The molecule has 0 bridgehead atoms. The van der Waals surface area contributed by atoms with Crippen LogP contribution in [0.2, 0.25) is 0 Å². The number of halogens is 1. The third-order valence-electron chi connectivity index (χ3n) is 2.75. The van der Waals surface area contributed by atoms with Gasteiger partial charge >= 0.3 is 0 Å². The number of nitrogens with zero attached hydrogens (tertiary/aromatic N) is 1. The summed E-state index contributed by atoms with van der Waals surface area (Å²) in [4.78, 5) is 3.98. The molecule has 14 heavy (non-hydrogen) atoms. The molecule has 0 amide bonds. The standard InChI is InChI=1S/C11H15ClN2/c12-10-2-1-9(7-10)8-14-11-3-5-13-6-4-11/h3-6,9-10H,1-2,7-8H2,(H,13,14). The molecule has 1 aliphatic rings. The van der Waals surface area contributed by atoms with Crippen molar-refractivity contribution in [3.63, 3.8) is 0 Å². The third kappa shape index (κ3) is 2.61. The average molecular weight is 211 g/mol. The molecule has 1 aromatic rings. The molecule has 2 rings (SSSR count). The lowest BCUT2D eigenvalue weighted by molar-refractivity contribution is 0.580. The van der Waals surface area contributed by atoms with E-state index in [9.17, 15) is 0 Å². The zero-order valence-electron chi connectivity index (χ0n) is 8.12. The van der Waals surface area contributed by atoms with Crippen molar-refractivity contribution in [3.8, 4) is 0 Å². The first-order chi connectivity index (χ1) is 6.84. The van der Waals surface area contributed by atoms with E-state index in [-0.39, 0.29) is 0 Å². The van der Waals surface area contributed by atoms with Gasteiger partial charge in [0.15, 0.2) is 0 Å². The summed E-state index contributed by atoms with van der Waals surface area (Å²) in [6.07, 6.45) is 7.19. The zero-order chi connectivity index (χ0) is 9.80. The fourth-order valence-electron chi connectivity index (χ4n) is 1.93. The van der Waals surface area contributed by atoms with E-state index in [4.69, 9.17) is 11.6 Å². The highest BCUT2D eigenvalue weighted by molar-refractivity contribution is 6.20. The maximum atomic E-state index is 6.05. The normalized spacial score (nSPS) is 26.4. The maximum Gasteiger partial charge on any atom is 0.0371 e. The summed E-state index contributed by atoms with van der Waals surface area (Å²) in [7, 11) is 0. The molecule has 2 unspecified atom stereocenters. The molecule has 2 nitrogen and oxygen atoms in total. The Balaban J connectivity index is 1.78. The molecule has 3 heteroatoms. The Morgan fingerprint density at radius 2 is 2.14 bits per heavy atom. The van der Waals surface area contributed by atoms with Crippen molar-refractivity contribution in [1.29, 1.82) is 0 Å². The van der Waals surface area contributed by atoms with E-state index in [1.165, 1.54) is 12.8 Å². The van der Waals surface area contributed by atoms with Crippen LogP contribution in [0.15, 0.2) is 24.5 Å². The van der Waals surface area contributed by atoms with Gasteiger partial charge in [-0.25, -0.2) is 0 Å². The van der Waals surface area contributed by atoms with Crippen LogP contribution >= 0.6 is 11.6 Å². The first kappa shape index (κ1) is 9.78. The van der Waals surface area contributed by atoms with E-state index < -0.39 is 0 Å². The molecule has 1 heterocycles. The predicted molar refractivity (Wildman–Crippen MR) is 59.7 cm³/mol. The van der Waals surface area contributed by atoms with E-state index in [1.54, 1.807) is 12.4 Å². The quantitative estimate of drug-likeness (QED) is 0.777. The van der Waals surface area contributed by atoms with Gasteiger partial charge in [0.25, 0.3) is 0 Å². The number of hydrogen-bond acceptors (Lipinski definition) is 2. The largest absolute Gasteiger partial charge is 0.385 e. The molecule has 1 aliphatic carbocycles.